The van der Waals surface area contributed by atoms with Gasteiger partial charge in [0.15, 0.2) is 11.5 Å². The Balaban J connectivity index is 1.93. The van der Waals surface area contributed by atoms with Crippen LogP contribution in [0.15, 0.2) is 80.4 Å². The van der Waals surface area contributed by atoms with Gasteiger partial charge in [-0.3, -0.25) is 4.79 Å². The normalized spacial score (nSPS) is 14.8. The minimum absolute atomic E-state index is 0.00130. The average Bonchev–Trinajstić information content (AvgIpc) is 2.93. The summed E-state index contributed by atoms with van der Waals surface area (Å²) in [5, 5.41) is 5.89. The average molecular weight is 631 g/mol. The Morgan fingerprint density at radius 1 is 1.10 bits per heavy atom. The van der Waals surface area contributed by atoms with Crippen LogP contribution in [-0.4, -0.2) is 58.2 Å². The summed E-state index contributed by atoms with van der Waals surface area (Å²) in [5.41, 5.74) is 1.81. The first kappa shape index (κ1) is 31.2. The van der Waals surface area contributed by atoms with Gasteiger partial charge in [0.25, 0.3) is 15.9 Å². The van der Waals surface area contributed by atoms with Crippen molar-refractivity contribution in [2.75, 3.05) is 24.2 Å². The molecule has 3 aromatic carbocycles. The van der Waals surface area contributed by atoms with E-state index in [1.807, 2.05) is 19.9 Å². The molecule has 1 aliphatic heterocycles. The first-order valence-corrected chi connectivity index (χ1v) is 16.3. The van der Waals surface area contributed by atoms with E-state index in [4.69, 9.17) is 11.6 Å². The van der Waals surface area contributed by atoms with Crippen molar-refractivity contribution in [3.8, 4) is 0 Å². The molecule has 42 heavy (non-hydrogen) atoms. The highest BCUT2D eigenvalue weighted by atomic mass is 35.5. The summed E-state index contributed by atoms with van der Waals surface area (Å²) in [6.07, 6.45) is 0. The lowest BCUT2D eigenvalue weighted by molar-refractivity contribution is -0.110. The molecule has 0 saturated carbocycles. The molecule has 0 bridgehead atoms. The summed E-state index contributed by atoms with van der Waals surface area (Å²) in [5.74, 6) is -1.03. The van der Waals surface area contributed by atoms with Crippen LogP contribution >= 0.6 is 11.6 Å². The maximum absolute atomic E-state index is 14.0. The van der Waals surface area contributed by atoms with Crippen molar-refractivity contribution in [1.29, 1.82) is 0 Å². The number of hydrogen-bond acceptors (Lipinski definition) is 8. The SMILES string of the molecule is CCNc1ccc(N=C(C(=O)Nc2cc(S(=O)(=O)NC)ccc2Cl)C2=Nc3ccccc3S(=O)(=O)N2C(C)C)c(C)c1. The van der Waals surface area contributed by atoms with E-state index >= 15 is 0 Å². The number of carbonyl (C=O) groups is 1. The van der Waals surface area contributed by atoms with Gasteiger partial charge in [-0.05, 0) is 88.8 Å². The van der Waals surface area contributed by atoms with Gasteiger partial charge in [0.1, 0.15) is 4.90 Å². The molecule has 0 radical (unpaired) electrons. The monoisotopic (exact) mass is 630 g/mol. The Morgan fingerprint density at radius 3 is 2.45 bits per heavy atom. The minimum atomic E-state index is -4.12. The zero-order chi connectivity index (χ0) is 30.8. The van der Waals surface area contributed by atoms with Crippen LogP contribution in [0.3, 0.4) is 0 Å². The summed E-state index contributed by atoms with van der Waals surface area (Å²) in [4.78, 5) is 23.1. The maximum Gasteiger partial charge on any atom is 0.278 e. The van der Waals surface area contributed by atoms with E-state index in [0.29, 0.717) is 12.2 Å². The Hall–Kier alpha value is -3.78. The molecular formula is C28H31ClN6O5S2. The van der Waals surface area contributed by atoms with E-state index in [2.05, 4.69) is 25.3 Å². The molecule has 0 unspecified atom stereocenters. The summed E-state index contributed by atoms with van der Waals surface area (Å²) in [7, 11) is -6.71. The lowest BCUT2D eigenvalue weighted by Gasteiger charge is -2.33. The molecule has 11 nitrogen and oxygen atoms in total. The van der Waals surface area contributed by atoms with Crippen LogP contribution in [0, 0.1) is 6.92 Å². The van der Waals surface area contributed by atoms with Crippen LogP contribution in [0.2, 0.25) is 5.02 Å². The number of carbonyl (C=O) groups excluding carboxylic acids is 1. The number of hydrogen-bond donors (Lipinski definition) is 3. The van der Waals surface area contributed by atoms with Gasteiger partial charge < -0.3 is 10.6 Å². The molecular weight excluding hydrogens is 600 g/mol. The number of aliphatic imine (C=N–C) groups is 2. The first-order chi connectivity index (χ1) is 19.8. The lowest BCUT2D eigenvalue weighted by Crippen LogP contribution is -2.49. The van der Waals surface area contributed by atoms with Crippen molar-refractivity contribution in [1.82, 2.24) is 9.03 Å². The van der Waals surface area contributed by atoms with Gasteiger partial charge in [0.2, 0.25) is 10.0 Å². The van der Waals surface area contributed by atoms with Crippen molar-refractivity contribution < 1.29 is 21.6 Å². The largest absolute Gasteiger partial charge is 0.385 e. The molecule has 0 aromatic heterocycles. The highest BCUT2D eigenvalue weighted by molar-refractivity contribution is 7.90. The van der Waals surface area contributed by atoms with Crippen LogP contribution < -0.4 is 15.4 Å². The van der Waals surface area contributed by atoms with Crippen LogP contribution in [0.5, 0.6) is 0 Å². The topological polar surface area (TPSA) is 149 Å². The molecule has 3 N–H and O–H groups in total. The fraction of sp³-hybridized carbons (Fsp3) is 0.250. The van der Waals surface area contributed by atoms with Crippen molar-refractivity contribution in [3.63, 3.8) is 0 Å². The molecule has 0 aliphatic carbocycles. The number of sulfonamides is 2. The van der Waals surface area contributed by atoms with E-state index < -0.39 is 32.0 Å². The molecule has 4 rings (SSSR count). The fourth-order valence-electron chi connectivity index (χ4n) is 4.31. The van der Waals surface area contributed by atoms with E-state index in [0.717, 1.165) is 15.6 Å². The minimum Gasteiger partial charge on any atom is -0.385 e. The van der Waals surface area contributed by atoms with E-state index in [-0.39, 0.29) is 37.7 Å². The zero-order valence-corrected chi connectivity index (χ0v) is 26.0. The number of halogens is 1. The number of nitrogens with zero attached hydrogens (tertiary/aromatic N) is 3. The summed E-state index contributed by atoms with van der Waals surface area (Å²) >= 11 is 6.33. The molecule has 0 atom stereocenters. The van der Waals surface area contributed by atoms with Gasteiger partial charge in [-0.1, -0.05) is 23.7 Å². The summed E-state index contributed by atoms with van der Waals surface area (Å²) in [6, 6.07) is 14.8. The number of anilines is 2. The predicted molar refractivity (Wildman–Crippen MR) is 166 cm³/mol. The van der Waals surface area contributed by atoms with E-state index in [1.54, 1.807) is 44.2 Å². The maximum atomic E-state index is 14.0. The third-order valence-corrected chi connectivity index (χ3v) is 10.1. The third kappa shape index (κ3) is 6.19. The number of amidine groups is 1. The van der Waals surface area contributed by atoms with E-state index in [1.165, 1.54) is 31.3 Å². The van der Waals surface area contributed by atoms with Crippen LogP contribution in [0.4, 0.5) is 22.7 Å². The smallest absolute Gasteiger partial charge is 0.278 e. The number of fused-ring (bicyclic) bond motifs is 1. The molecule has 222 valence electrons. The van der Waals surface area contributed by atoms with Crippen LogP contribution in [0.1, 0.15) is 26.3 Å². The number of benzene rings is 3. The van der Waals surface area contributed by atoms with Crippen molar-refractivity contribution in [2.24, 2.45) is 9.98 Å². The fourth-order valence-corrected chi connectivity index (χ4v) is 6.99. The Labute approximate surface area is 250 Å². The second-order valence-electron chi connectivity index (χ2n) is 9.59. The number of aryl methyl sites for hydroxylation is 1. The van der Waals surface area contributed by atoms with Gasteiger partial charge in [0, 0.05) is 18.3 Å². The van der Waals surface area contributed by atoms with Crippen LogP contribution in [0.25, 0.3) is 0 Å². The van der Waals surface area contributed by atoms with Gasteiger partial charge in [-0.2, -0.15) is 0 Å². The Bertz CT molecular complexity index is 1820. The zero-order valence-electron chi connectivity index (χ0n) is 23.6. The Kier molecular flexibility index (Phi) is 9.06. The molecule has 0 saturated heterocycles. The molecule has 14 heteroatoms. The summed E-state index contributed by atoms with van der Waals surface area (Å²) < 4.78 is 55.6. The van der Waals surface area contributed by atoms with E-state index in [9.17, 15) is 21.6 Å². The molecule has 0 fully saturated rings. The molecule has 1 aliphatic rings. The van der Waals surface area contributed by atoms with Crippen molar-refractivity contribution >= 4 is 71.9 Å². The number of nitrogens with one attached hydrogen (secondary N) is 3. The number of rotatable bonds is 9. The first-order valence-electron chi connectivity index (χ1n) is 13.0. The second-order valence-corrected chi connectivity index (χ2v) is 13.7. The molecule has 3 aromatic rings. The highest BCUT2D eigenvalue weighted by Gasteiger charge is 2.40. The van der Waals surface area contributed by atoms with Crippen molar-refractivity contribution in [3.05, 3.63) is 71.2 Å². The highest BCUT2D eigenvalue weighted by Crippen LogP contribution is 2.35. The molecule has 0 spiro atoms. The van der Waals surface area contributed by atoms with Gasteiger partial charge in [0.05, 0.1) is 27.0 Å². The number of amides is 1. The number of para-hydroxylation sites is 1. The third-order valence-electron chi connectivity index (χ3n) is 6.31. The lowest BCUT2D eigenvalue weighted by atomic mass is 10.1. The summed E-state index contributed by atoms with van der Waals surface area (Å²) in [6.45, 7) is 7.81. The standard InChI is InChI=1S/C28H31ClN6O5S2/c1-6-31-19-11-14-22(18(4)15-19)32-26(28(36)34-24-16-20(12-13-21(24)29)41(37,38)30-5)27-33-23-9-7-8-10-25(23)42(39,40)35(27)17(2)3/h7-17,30-31H,6H2,1-5H3,(H,34,36). The van der Waals surface area contributed by atoms with Crippen molar-refractivity contribution in [2.45, 2.75) is 43.5 Å². The van der Waals surface area contributed by atoms with Gasteiger partial charge in [-0.15, -0.1) is 0 Å². The Morgan fingerprint density at radius 2 is 1.81 bits per heavy atom. The quantitative estimate of drug-likeness (QED) is 0.288. The molecule has 1 heterocycles. The predicted octanol–water partition coefficient (Wildman–Crippen LogP) is 4.84. The van der Waals surface area contributed by atoms with Gasteiger partial charge >= 0.3 is 0 Å². The second kappa shape index (κ2) is 12.2. The van der Waals surface area contributed by atoms with Gasteiger partial charge in [-0.25, -0.2) is 35.8 Å². The molecule has 1 amide bonds. The van der Waals surface area contributed by atoms with Crippen LogP contribution in [-0.2, 0) is 24.8 Å².